The van der Waals surface area contributed by atoms with Gasteiger partial charge in [0.15, 0.2) is 11.5 Å². The van der Waals surface area contributed by atoms with Gasteiger partial charge in [0.2, 0.25) is 0 Å². The second-order valence-electron chi connectivity index (χ2n) is 7.72. The molecule has 1 aromatic carbocycles. The van der Waals surface area contributed by atoms with E-state index in [4.69, 9.17) is 23.7 Å². The molecule has 0 spiro atoms. The summed E-state index contributed by atoms with van der Waals surface area (Å²) in [5.41, 5.74) is -1.31. The minimum absolute atomic E-state index is 0.0173. The number of methoxy groups -OCH3 is 2. The zero-order chi connectivity index (χ0) is 25.9. The van der Waals surface area contributed by atoms with Gasteiger partial charge in [0.25, 0.3) is 11.2 Å². The first-order valence-electron chi connectivity index (χ1n) is 10.5. The molecule has 1 aliphatic rings. The quantitative estimate of drug-likeness (QED) is 0.306. The lowest BCUT2D eigenvalue weighted by atomic mass is 10.1. The molecule has 3 rings (SSSR count). The number of nitro benzene ring substituents is 1. The van der Waals surface area contributed by atoms with Crippen LogP contribution >= 0.6 is 0 Å². The molecule has 1 fully saturated rings. The van der Waals surface area contributed by atoms with Crippen LogP contribution in [0.25, 0.3) is 0 Å². The molecule has 0 saturated carbocycles. The lowest BCUT2D eigenvalue weighted by molar-refractivity contribution is -0.386. The number of aromatic amines is 1. The highest BCUT2D eigenvalue weighted by Gasteiger charge is 2.40. The number of ether oxygens (including phenoxy) is 5. The van der Waals surface area contributed by atoms with Gasteiger partial charge in [-0.2, -0.15) is 0 Å². The van der Waals surface area contributed by atoms with Gasteiger partial charge in [-0.1, -0.05) is 0 Å². The Morgan fingerprint density at radius 2 is 1.97 bits per heavy atom. The second kappa shape index (κ2) is 10.6. The summed E-state index contributed by atoms with van der Waals surface area (Å²) in [4.78, 5) is 49.3. The monoisotopic (exact) mass is 495 g/mol. The first-order chi connectivity index (χ1) is 16.6. The molecule has 1 aromatic heterocycles. The van der Waals surface area contributed by atoms with E-state index in [1.807, 2.05) is 0 Å². The Labute approximate surface area is 198 Å². The predicted molar refractivity (Wildman–Crippen MR) is 118 cm³/mol. The number of hydrogen-bond acceptors (Lipinski definition) is 11. The number of H-pyrrole nitrogens is 1. The number of aryl methyl sites for hydroxylation is 1. The van der Waals surface area contributed by atoms with E-state index in [9.17, 15) is 29.6 Å². The molecule has 0 bridgehead atoms. The molecule has 2 N–H and O–H groups in total. The van der Waals surface area contributed by atoms with Crippen molar-refractivity contribution in [1.29, 1.82) is 0 Å². The van der Waals surface area contributed by atoms with Gasteiger partial charge in [-0.15, -0.1) is 0 Å². The summed E-state index contributed by atoms with van der Waals surface area (Å²) in [5, 5.41) is 21.2. The Bertz CT molecular complexity index is 1220. The molecule has 4 atom stereocenters. The van der Waals surface area contributed by atoms with Crippen molar-refractivity contribution in [3.63, 3.8) is 0 Å². The Balaban J connectivity index is 1.75. The molecular formula is C21H25N3O11. The van der Waals surface area contributed by atoms with Crippen LogP contribution in [-0.4, -0.2) is 58.8 Å². The third kappa shape index (κ3) is 5.44. The van der Waals surface area contributed by atoms with Crippen molar-refractivity contribution >= 4 is 11.8 Å². The van der Waals surface area contributed by atoms with Gasteiger partial charge in [0.1, 0.15) is 24.5 Å². The highest BCUT2D eigenvalue weighted by Crippen LogP contribution is 2.38. The molecule has 1 unspecified atom stereocenters. The number of rotatable bonds is 8. The predicted octanol–water partition coefficient (Wildman–Crippen LogP) is 1.33. The fraction of sp³-hybridized carbons (Fsp3) is 0.476. The van der Waals surface area contributed by atoms with Crippen LogP contribution in [0.1, 0.15) is 36.8 Å². The molecule has 14 nitrogen and oxygen atoms in total. The molecule has 2 aromatic rings. The van der Waals surface area contributed by atoms with Crippen molar-refractivity contribution in [2.24, 2.45) is 0 Å². The van der Waals surface area contributed by atoms with Crippen LogP contribution in [0.2, 0.25) is 0 Å². The largest absolute Gasteiger partial charge is 0.509 e. The number of carbonyl (C=O) groups is 1. The number of nitrogens with one attached hydrogen (secondary N) is 1. The maximum Gasteiger partial charge on any atom is 0.509 e. The average molecular weight is 495 g/mol. The molecular weight excluding hydrogens is 470 g/mol. The number of hydrogen-bond donors (Lipinski definition) is 2. The minimum Gasteiger partial charge on any atom is -0.493 e. The number of nitro groups is 1. The minimum atomic E-state index is -1.17. The molecule has 1 saturated heterocycles. The summed E-state index contributed by atoms with van der Waals surface area (Å²) in [6, 6.07) is 2.48. The SMILES string of the molecule is COc1cc(C(C)OC(=O)O[C@H]2C[C@H](n3cc(C)c(=O)[nH]c3=O)O[C@@H]2CO)c([N+](=O)[O-])cc1OC. The topological polar surface area (TPSA) is 181 Å². The second-order valence-corrected chi connectivity index (χ2v) is 7.72. The van der Waals surface area contributed by atoms with Crippen molar-refractivity contribution in [3.05, 3.63) is 60.4 Å². The summed E-state index contributed by atoms with van der Waals surface area (Å²) in [7, 11) is 2.68. The van der Waals surface area contributed by atoms with E-state index in [0.717, 1.165) is 10.6 Å². The van der Waals surface area contributed by atoms with Gasteiger partial charge >= 0.3 is 11.8 Å². The average Bonchev–Trinajstić information content (AvgIpc) is 3.22. The van der Waals surface area contributed by atoms with Crippen LogP contribution in [0.3, 0.4) is 0 Å². The highest BCUT2D eigenvalue weighted by atomic mass is 16.7. The van der Waals surface area contributed by atoms with Gasteiger partial charge in [-0.25, -0.2) is 9.59 Å². The van der Waals surface area contributed by atoms with E-state index in [0.29, 0.717) is 0 Å². The van der Waals surface area contributed by atoms with Gasteiger partial charge in [0, 0.05) is 18.2 Å². The van der Waals surface area contributed by atoms with E-state index in [2.05, 4.69) is 4.98 Å². The summed E-state index contributed by atoms with van der Waals surface area (Å²) < 4.78 is 27.5. The van der Waals surface area contributed by atoms with Crippen molar-refractivity contribution in [2.75, 3.05) is 20.8 Å². The zero-order valence-electron chi connectivity index (χ0n) is 19.4. The summed E-state index contributed by atoms with van der Waals surface area (Å²) in [6.45, 7) is 2.39. The van der Waals surface area contributed by atoms with E-state index in [1.54, 1.807) is 0 Å². The lowest BCUT2D eigenvalue weighted by Crippen LogP contribution is -2.33. The Kier molecular flexibility index (Phi) is 7.76. The number of aromatic nitrogens is 2. The van der Waals surface area contributed by atoms with E-state index in [-0.39, 0.29) is 34.7 Å². The summed E-state index contributed by atoms with van der Waals surface area (Å²) in [6.07, 6.45) is -3.88. The maximum atomic E-state index is 12.5. The molecule has 0 radical (unpaired) electrons. The van der Waals surface area contributed by atoms with Crippen molar-refractivity contribution in [2.45, 2.75) is 44.8 Å². The Morgan fingerprint density at radius 1 is 1.31 bits per heavy atom. The fourth-order valence-electron chi connectivity index (χ4n) is 3.69. The number of nitrogens with zero attached hydrogens (tertiary/aromatic N) is 2. The van der Waals surface area contributed by atoms with Gasteiger partial charge in [0.05, 0.1) is 37.4 Å². The smallest absolute Gasteiger partial charge is 0.493 e. The van der Waals surface area contributed by atoms with Crippen LogP contribution in [0.5, 0.6) is 11.5 Å². The third-order valence-corrected chi connectivity index (χ3v) is 5.50. The van der Waals surface area contributed by atoms with Crippen molar-refractivity contribution < 1.29 is 38.5 Å². The van der Waals surface area contributed by atoms with Crippen LogP contribution in [0.4, 0.5) is 10.5 Å². The lowest BCUT2D eigenvalue weighted by Gasteiger charge is -2.19. The van der Waals surface area contributed by atoms with Crippen molar-refractivity contribution in [1.82, 2.24) is 9.55 Å². The Hall–Kier alpha value is -3.91. The van der Waals surface area contributed by atoms with E-state index < -0.39 is 53.5 Å². The van der Waals surface area contributed by atoms with Crippen LogP contribution in [0.15, 0.2) is 27.9 Å². The Morgan fingerprint density at radius 3 is 2.57 bits per heavy atom. The number of aliphatic hydroxyl groups is 1. The molecule has 2 heterocycles. The molecule has 190 valence electrons. The fourth-order valence-corrected chi connectivity index (χ4v) is 3.69. The summed E-state index contributed by atoms with van der Waals surface area (Å²) >= 11 is 0. The first kappa shape index (κ1) is 25.7. The molecule has 1 aliphatic heterocycles. The van der Waals surface area contributed by atoms with Crippen molar-refractivity contribution in [3.8, 4) is 11.5 Å². The first-order valence-corrected chi connectivity index (χ1v) is 10.5. The molecule has 35 heavy (non-hydrogen) atoms. The molecule has 0 aliphatic carbocycles. The number of aliphatic hydroxyl groups excluding tert-OH is 1. The van der Waals surface area contributed by atoms with Gasteiger partial charge in [-0.3, -0.25) is 24.5 Å². The normalized spacial score (nSPS) is 20.2. The standard InChI is InChI=1S/C21H25N3O11/c1-10-8-23(20(27)22-19(10)26)18-7-16(17(9-25)34-18)35-21(28)33-11(2)12-5-14(31-3)15(32-4)6-13(12)24(29)30/h5-6,8,11,16-18,25H,7,9H2,1-4H3,(H,22,26,27)/t11?,16-,17+,18+/m0/s1. The van der Waals surface area contributed by atoms with E-state index >= 15 is 0 Å². The van der Waals surface area contributed by atoms with Gasteiger partial charge < -0.3 is 28.8 Å². The molecule has 0 amide bonds. The van der Waals surface area contributed by atoms with Crippen LogP contribution < -0.4 is 20.7 Å². The third-order valence-electron chi connectivity index (χ3n) is 5.50. The zero-order valence-corrected chi connectivity index (χ0v) is 19.4. The van der Waals surface area contributed by atoms with E-state index in [1.165, 1.54) is 40.3 Å². The maximum absolute atomic E-state index is 12.5. The van der Waals surface area contributed by atoms with Crippen LogP contribution in [0, 0.1) is 17.0 Å². The molecule has 14 heteroatoms. The highest BCUT2D eigenvalue weighted by molar-refractivity contribution is 5.62. The van der Waals surface area contributed by atoms with Crippen LogP contribution in [-0.2, 0) is 14.2 Å². The number of carbonyl (C=O) groups excluding carboxylic acids is 1. The van der Waals surface area contributed by atoms with Gasteiger partial charge in [-0.05, 0) is 19.9 Å². The summed E-state index contributed by atoms with van der Waals surface area (Å²) in [5.74, 6) is 0.330. The number of benzene rings is 1.